The van der Waals surface area contributed by atoms with Gasteiger partial charge in [0.1, 0.15) is 10.6 Å². The molecule has 0 saturated carbocycles. The summed E-state index contributed by atoms with van der Waals surface area (Å²) >= 11 is 7.22. The van der Waals surface area contributed by atoms with Crippen LogP contribution < -0.4 is 5.32 Å². The number of nitrogens with one attached hydrogen (secondary N) is 1. The van der Waals surface area contributed by atoms with Crippen LogP contribution in [0.25, 0.3) is 11.1 Å². The molecule has 0 aliphatic heterocycles. The molecule has 1 amide bonds. The van der Waals surface area contributed by atoms with E-state index in [9.17, 15) is 9.59 Å². The highest BCUT2D eigenvalue weighted by atomic mass is 35.5. The van der Waals surface area contributed by atoms with Crippen LogP contribution in [0.1, 0.15) is 35.3 Å². The molecule has 0 aliphatic carbocycles. The number of carbonyl (C=O) groups is 2. The lowest BCUT2D eigenvalue weighted by atomic mass is 10.0. The molecule has 0 atom stereocenters. The predicted molar refractivity (Wildman–Crippen MR) is 119 cm³/mol. The van der Waals surface area contributed by atoms with Crippen molar-refractivity contribution in [3.63, 3.8) is 0 Å². The molecule has 0 radical (unpaired) electrons. The minimum Gasteiger partial charge on any atom is -0.462 e. The third kappa shape index (κ3) is 5.25. The second-order valence-electron chi connectivity index (χ2n) is 6.48. The number of hydrogen-bond donors (Lipinski definition) is 1. The standard InChI is InChI=1S/C23H22ClNO3S/c1-3-15-5-9-17(10-6-15)19-14-29-22(21(19)23(27)28-4-2)25-20(26)13-16-7-11-18(24)12-8-16/h5-12,14H,3-4,13H2,1-2H3,(H,25,26). The lowest BCUT2D eigenvalue weighted by Gasteiger charge is -2.09. The molecular formula is C23H22ClNO3S. The molecule has 29 heavy (non-hydrogen) atoms. The number of carbonyl (C=O) groups excluding carboxylic acids is 2. The Balaban J connectivity index is 1.87. The van der Waals surface area contributed by atoms with Crippen molar-refractivity contribution in [3.8, 4) is 11.1 Å². The zero-order valence-electron chi connectivity index (χ0n) is 16.3. The molecule has 3 aromatic rings. The van der Waals surface area contributed by atoms with Gasteiger partial charge in [-0.3, -0.25) is 4.79 Å². The van der Waals surface area contributed by atoms with Crippen LogP contribution >= 0.6 is 22.9 Å². The number of ether oxygens (including phenoxy) is 1. The van der Waals surface area contributed by atoms with Crippen LogP contribution in [0.2, 0.25) is 5.02 Å². The van der Waals surface area contributed by atoms with E-state index < -0.39 is 5.97 Å². The van der Waals surface area contributed by atoms with E-state index in [1.807, 2.05) is 41.8 Å². The second-order valence-corrected chi connectivity index (χ2v) is 7.79. The third-order valence-electron chi connectivity index (χ3n) is 4.47. The maximum atomic E-state index is 12.6. The Bertz CT molecular complexity index is 994. The highest BCUT2D eigenvalue weighted by Crippen LogP contribution is 2.36. The number of rotatable bonds is 7. The summed E-state index contributed by atoms with van der Waals surface area (Å²) in [4.78, 5) is 25.2. The van der Waals surface area contributed by atoms with Crippen molar-refractivity contribution in [2.45, 2.75) is 26.7 Å². The van der Waals surface area contributed by atoms with E-state index in [-0.39, 0.29) is 18.9 Å². The van der Waals surface area contributed by atoms with Crippen LogP contribution in [-0.4, -0.2) is 18.5 Å². The topological polar surface area (TPSA) is 55.4 Å². The minimum absolute atomic E-state index is 0.192. The molecule has 150 valence electrons. The number of esters is 1. The molecule has 0 aliphatic rings. The van der Waals surface area contributed by atoms with Crippen molar-refractivity contribution in [2.75, 3.05) is 11.9 Å². The minimum atomic E-state index is -0.440. The van der Waals surface area contributed by atoms with Crippen LogP contribution in [-0.2, 0) is 22.4 Å². The van der Waals surface area contributed by atoms with Gasteiger partial charge in [-0.25, -0.2) is 4.79 Å². The molecule has 0 unspecified atom stereocenters. The van der Waals surface area contributed by atoms with E-state index >= 15 is 0 Å². The van der Waals surface area contributed by atoms with Crippen LogP contribution in [0.15, 0.2) is 53.9 Å². The highest BCUT2D eigenvalue weighted by molar-refractivity contribution is 7.15. The molecular weight excluding hydrogens is 406 g/mol. The van der Waals surface area contributed by atoms with Crippen molar-refractivity contribution >= 4 is 39.8 Å². The zero-order chi connectivity index (χ0) is 20.8. The van der Waals surface area contributed by atoms with Gasteiger partial charge in [-0.1, -0.05) is 54.9 Å². The summed E-state index contributed by atoms with van der Waals surface area (Å²) in [7, 11) is 0. The molecule has 2 aromatic carbocycles. The van der Waals surface area contributed by atoms with Gasteiger partial charge in [-0.05, 0) is 42.2 Å². The molecule has 1 N–H and O–H groups in total. The summed E-state index contributed by atoms with van der Waals surface area (Å²) in [5.41, 5.74) is 4.14. The first kappa shape index (κ1) is 21.1. The highest BCUT2D eigenvalue weighted by Gasteiger charge is 2.22. The van der Waals surface area contributed by atoms with Crippen molar-refractivity contribution in [2.24, 2.45) is 0 Å². The normalized spacial score (nSPS) is 10.6. The Labute approximate surface area is 179 Å². The van der Waals surface area contributed by atoms with Gasteiger partial charge in [0.15, 0.2) is 0 Å². The number of anilines is 1. The molecule has 0 saturated heterocycles. The Morgan fingerprint density at radius 1 is 1.00 bits per heavy atom. The first-order chi connectivity index (χ1) is 14.0. The largest absolute Gasteiger partial charge is 0.462 e. The Hall–Kier alpha value is -2.63. The zero-order valence-corrected chi connectivity index (χ0v) is 17.9. The van der Waals surface area contributed by atoms with Crippen LogP contribution in [0, 0.1) is 0 Å². The molecule has 0 spiro atoms. The molecule has 1 heterocycles. The fourth-order valence-corrected chi connectivity index (χ4v) is 4.05. The Morgan fingerprint density at radius 2 is 1.66 bits per heavy atom. The van der Waals surface area contributed by atoms with Crippen molar-refractivity contribution < 1.29 is 14.3 Å². The lowest BCUT2D eigenvalue weighted by molar-refractivity contribution is -0.115. The van der Waals surface area contributed by atoms with Crippen molar-refractivity contribution in [3.05, 3.63) is 75.6 Å². The molecule has 0 fully saturated rings. The second kappa shape index (κ2) is 9.72. The van der Waals surface area contributed by atoms with Crippen LogP contribution in [0.3, 0.4) is 0 Å². The van der Waals surface area contributed by atoms with Gasteiger partial charge in [0.2, 0.25) is 5.91 Å². The summed E-state index contributed by atoms with van der Waals surface area (Å²) in [5, 5.41) is 5.87. The number of thiophene rings is 1. The van der Waals surface area contributed by atoms with Crippen LogP contribution in [0.4, 0.5) is 5.00 Å². The summed E-state index contributed by atoms with van der Waals surface area (Å²) in [6, 6.07) is 15.2. The maximum Gasteiger partial charge on any atom is 0.341 e. The van der Waals surface area contributed by atoms with E-state index in [1.54, 1.807) is 19.1 Å². The lowest BCUT2D eigenvalue weighted by Crippen LogP contribution is -2.16. The number of hydrogen-bond acceptors (Lipinski definition) is 4. The smallest absolute Gasteiger partial charge is 0.341 e. The molecule has 1 aromatic heterocycles. The quantitative estimate of drug-likeness (QED) is 0.471. The van der Waals surface area contributed by atoms with E-state index in [4.69, 9.17) is 16.3 Å². The number of amides is 1. The average molecular weight is 428 g/mol. The molecule has 0 bridgehead atoms. The maximum absolute atomic E-state index is 12.6. The van der Waals surface area contributed by atoms with Gasteiger partial charge in [-0.2, -0.15) is 0 Å². The Kier molecular flexibility index (Phi) is 7.07. The van der Waals surface area contributed by atoms with Gasteiger partial charge in [0, 0.05) is 16.0 Å². The van der Waals surface area contributed by atoms with E-state index in [0.29, 0.717) is 15.6 Å². The van der Waals surface area contributed by atoms with Crippen molar-refractivity contribution in [1.82, 2.24) is 0 Å². The van der Waals surface area contributed by atoms with E-state index in [2.05, 4.69) is 12.2 Å². The van der Waals surface area contributed by atoms with E-state index in [0.717, 1.165) is 23.1 Å². The molecule has 6 heteroatoms. The summed E-state index contributed by atoms with van der Waals surface area (Å²) < 4.78 is 5.25. The van der Waals surface area contributed by atoms with Gasteiger partial charge in [0.05, 0.1) is 13.0 Å². The molecule has 4 nitrogen and oxygen atoms in total. The van der Waals surface area contributed by atoms with Crippen molar-refractivity contribution in [1.29, 1.82) is 0 Å². The van der Waals surface area contributed by atoms with Crippen LogP contribution in [0.5, 0.6) is 0 Å². The molecule has 3 rings (SSSR count). The Morgan fingerprint density at radius 3 is 2.28 bits per heavy atom. The van der Waals surface area contributed by atoms with Gasteiger partial charge in [0.25, 0.3) is 0 Å². The number of benzene rings is 2. The monoisotopic (exact) mass is 427 g/mol. The summed E-state index contributed by atoms with van der Waals surface area (Å²) in [6.07, 6.45) is 1.14. The first-order valence-electron chi connectivity index (χ1n) is 9.44. The number of aryl methyl sites for hydroxylation is 1. The predicted octanol–water partition coefficient (Wildman–Crippen LogP) is 5.99. The fraction of sp³-hybridized carbons (Fsp3) is 0.217. The van der Waals surface area contributed by atoms with Gasteiger partial charge < -0.3 is 10.1 Å². The fourth-order valence-electron chi connectivity index (χ4n) is 2.95. The first-order valence-corrected chi connectivity index (χ1v) is 10.7. The van der Waals surface area contributed by atoms with Gasteiger partial charge >= 0.3 is 5.97 Å². The van der Waals surface area contributed by atoms with E-state index in [1.165, 1.54) is 16.9 Å². The summed E-state index contributed by atoms with van der Waals surface area (Å²) in [6.45, 7) is 4.12. The third-order valence-corrected chi connectivity index (χ3v) is 5.62. The van der Waals surface area contributed by atoms with Gasteiger partial charge in [-0.15, -0.1) is 11.3 Å². The summed E-state index contributed by atoms with van der Waals surface area (Å²) in [5.74, 6) is -0.641. The SMILES string of the molecule is CCOC(=O)c1c(-c2ccc(CC)cc2)csc1NC(=O)Cc1ccc(Cl)cc1. The number of halogens is 1. The average Bonchev–Trinajstić information content (AvgIpc) is 3.13.